The lowest BCUT2D eigenvalue weighted by atomic mass is 10.1. The number of carbonyl (C=O) groups excluding carboxylic acids is 2. The van der Waals surface area contributed by atoms with E-state index in [4.69, 9.17) is 4.42 Å². The third kappa shape index (κ3) is 4.00. The lowest BCUT2D eigenvalue weighted by molar-refractivity contribution is -0.144. The summed E-state index contributed by atoms with van der Waals surface area (Å²) in [4.78, 5) is 27.4. The molecule has 1 atom stereocenters. The molecule has 0 aromatic carbocycles. The molecule has 10 heteroatoms. The molecule has 3 heterocycles. The number of pyridine rings is 1. The fraction of sp³-hybridized carbons (Fsp3) is 0.278. The number of esters is 1. The van der Waals surface area contributed by atoms with E-state index in [-0.39, 0.29) is 17.8 Å². The lowest BCUT2D eigenvalue weighted by Gasteiger charge is -2.10. The SMILES string of the molecule is COC(=O)C(C)NC(=O)Cc1cn2cc(-c3ccoc3)cc(C(F)(F)F)c2n1. The molecule has 28 heavy (non-hydrogen) atoms. The van der Waals surface area contributed by atoms with Gasteiger partial charge in [-0.3, -0.25) is 4.79 Å². The van der Waals surface area contributed by atoms with Crippen LogP contribution in [-0.4, -0.2) is 34.4 Å². The van der Waals surface area contributed by atoms with Crippen LogP contribution in [0.1, 0.15) is 18.2 Å². The molecule has 3 aromatic rings. The molecule has 0 saturated heterocycles. The molecule has 0 aliphatic heterocycles. The van der Waals surface area contributed by atoms with Crippen molar-refractivity contribution in [1.29, 1.82) is 0 Å². The van der Waals surface area contributed by atoms with Crippen LogP contribution in [0.25, 0.3) is 16.8 Å². The van der Waals surface area contributed by atoms with Crippen LogP contribution in [0.5, 0.6) is 0 Å². The molecule has 1 unspecified atom stereocenters. The Hall–Kier alpha value is -3.30. The molecule has 3 aromatic heterocycles. The zero-order valence-corrected chi connectivity index (χ0v) is 14.9. The van der Waals surface area contributed by atoms with Gasteiger partial charge in [0, 0.05) is 23.5 Å². The molecule has 0 spiro atoms. The topological polar surface area (TPSA) is 85.8 Å². The number of amides is 1. The highest BCUT2D eigenvalue weighted by molar-refractivity contribution is 5.85. The molecule has 0 bridgehead atoms. The minimum atomic E-state index is -4.63. The van der Waals surface area contributed by atoms with Crippen molar-refractivity contribution in [1.82, 2.24) is 14.7 Å². The summed E-state index contributed by atoms with van der Waals surface area (Å²) in [6.07, 6.45) is 0.587. The number of carbonyl (C=O) groups is 2. The van der Waals surface area contributed by atoms with Gasteiger partial charge in [-0.05, 0) is 19.1 Å². The van der Waals surface area contributed by atoms with Gasteiger partial charge in [-0.15, -0.1) is 0 Å². The van der Waals surface area contributed by atoms with Crippen LogP contribution >= 0.6 is 0 Å². The second kappa shape index (κ2) is 7.37. The number of fused-ring (bicyclic) bond motifs is 1. The first-order chi connectivity index (χ1) is 13.2. The number of methoxy groups -OCH3 is 1. The van der Waals surface area contributed by atoms with Crippen molar-refractivity contribution >= 4 is 17.5 Å². The molecular weight excluding hydrogens is 379 g/mol. The van der Waals surface area contributed by atoms with Crippen LogP contribution in [-0.2, 0) is 26.9 Å². The molecular formula is C18H16F3N3O4. The molecule has 0 aliphatic rings. The molecule has 0 fully saturated rings. The van der Waals surface area contributed by atoms with E-state index in [9.17, 15) is 22.8 Å². The number of imidazole rings is 1. The van der Waals surface area contributed by atoms with Gasteiger partial charge in [0.25, 0.3) is 0 Å². The number of hydrogen-bond acceptors (Lipinski definition) is 5. The summed E-state index contributed by atoms with van der Waals surface area (Å²) < 4.78 is 51.2. The Morgan fingerprint density at radius 1 is 1.32 bits per heavy atom. The van der Waals surface area contributed by atoms with Crippen molar-refractivity contribution in [2.24, 2.45) is 0 Å². The third-order valence-electron chi connectivity index (χ3n) is 4.03. The quantitative estimate of drug-likeness (QED) is 0.672. The van der Waals surface area contributed by atoms with Crippen molar-refractivity contribution < 1.29 is 31.9 Å². The Kier molecular flexibility index (Phi) is 5.12. The molecule has 0 radical (unpaired) electrons. The molecule has 0 saturated carbocycles. The summed E-state index contributed by atoms with van der Waals surface area (Å²) >= 11 is 0. The zero-order chi connectivity index (χ0) is 20.5. The van der Waals surface area contributed by atoms with Gasteiger partial charge in [-0.2, -0.15) is 13.2 Å². The third-order valence-corrected chi connectivity index (χ3v) is 4.03. The van der Waals surface area contributed by atoms with E-state index in [0.29, 0.717) is 11.1 Å². The highest BCUT2D eigenvalue weighted by atomic mass is 19.4. The van der Waals surface area contributed by atoms with Gasteiger partial charge in [0.05, 0.1) is 37.3 Å². The summed E-state index contributed by atoms with van der Waals surface area (Å²) in [5.41, 5.74) is -0.345. The second-order valence-electron chi connectivity index (χ2n) is 6.10. The number of hydrogen-bond donors (Lipinski definition) is 1. The summed E-state index contributed by atoms with van der Waals surface area (Å²) in [6, 6.07) is 1.64. The molecule has 1 amide bonds. The number of nitrogens with zero attached hydrogens (tertiary/aromatic N) is 2. The average Bonchev–Trinajstić information content (AvgIpc) is 3.27. The number of alkyl halides is 3. The summed E-state index contributed by atoms with van der Waals surface area (Å²) in [7, 11) is 1.18. The number of ether oxygens (including phenoxy) is 1. The first-order valence-electron chi connectivity index (χ1n) is 8.17. The molecule has 1 N–H and O–H groups in total. The number of aromatic nitrogens is 2. The maximum absolute atomic E-state index is 13.5. The van der Waals surface area contributed by atoms with Gasteiger partial charge in [0.2, 0.25) is 5.91 Å². The smallest absolute Gasteiger partial charge is 0.420 e. The Morgan fingerprint density at radius 2 is 2.07 bits per heavy atom. The summed E-state index contributed by atoms with van der Waals surface area (Å²) in [5, 5.41) is 2.40. The highest BCUT2D eigenvalue weighted by Crippen LogP contribution is 2.35. The van der Waals surface area contributed by atoms with E-state index in [2.05, 4.69) is 15.0 Å². The van der Waals surface area contributed by atoms with E-state index in [1.807, 2.05) is 0 Å². The fourth-order valence-corrected chi connectivity index (χ4v) is 2.72. The van der Waals surface area contributed by atoms with Crippen LogP contribution in [0.15, 0.2) is 41.5 Å². The molecule has 3 rings (SSSR count). The Labute approximate surface area is 157 Å². The Bertz CT molecular complexity index is 1010. The minimum Gasteiger partial charge on any atom is -0.472 e. The van der Waals surface area contributed by atoms with Gasteiger partial charge in [0.1, 0.15) is 11.7 Å². The van der Waals surface area contributed by atoms with Crippen LogP contribution in [0.4, 0.5) is 13.2 Å². The van der Waals surface area contributed by atoms with Crippen LogP contribution in [0.3, 0.4) is 0 Å². The number of halogens is 3. The van der Waals surface area contributed by atoms with Gasteiger partial charge >= 0.3 is 12.1 Å². The molecule has 0 aliphatic carbocycles. The maximum Gasteiger partial charge on any atom is 0.420 e. The van der Waals surface area contributed by atoms with E-state index in [1.54, 1.807) is 6.07 Å². The summed E-state index contributed by atoms with van der Waals surface area (Å²) in [6.45, 7) is 1.44. The first kappa shape index (κ1) is 19.5. The summed E-state index contributed by atoms with van der Waals surface area (Å²) in [5.74, 6) is -1.20. The molecule has 7 nitrogen and oxygen atoms in total. The normalized spacial score (nSPS) is 12.8. The van der Waals surface area contributed by atoms with Crippen LogP contribution in [0.2, 0.25) is 0 Å². The van der Waals surface area contributed by atoms with Crippen LogP contribution in [0, 0.1) is 0 Å². The number of rotatable bonds is 5. The predicted octanol–water partition coefficient (Wildman–Crippen LogP) is 2.83. The van der Waals surface area contributed by atoms with E-state index >= 15 is 0 Å². The van der Waals surface area contributed by atoms with E-state index in [0.717, 1.165) is 6.07 Å². The van der Waals surface area contributed by atoms with Gasteiger partial charge in [-0.25, -0.2) is 9.78 Å². The largest absolute Gasteiger partial charge is 0.472 e. The van der Waals surface area contributed by atoms with Crippen LogP contribution < -0.4 is 5.32 Å². The standard InChI is InChI=1S/C18H16F3N3O4/c1-10(17(26)27-2)22-15(25)6-13-8-24-7-12(11-3-4-28-9-11)5-14(16(24)23-13)18(19,20)21/h3-5,7-10H,6H2,1-2H3,(H,22,25). The van der Waals surface area contributed by atoms with Gasteiger partial charge < -0.3 is 18.9 Å². The number of nitrogens with one attached hydrogen (secondary N) is 1. The van der Waals surface area contributed by atoms with Crippen molar-refractivity contribution in [3.05, 3.63) is 48.3 Å². The lowest BCUT2D eigenvalue weighted by Crippen LogP contribution is -2.39. The van der Waals surface area contributed by atoms with E-state index in [1.165, 1.54) is 43.4 Å². The average molecular weight is 395 g/mol. The number of furan rings is 1. The van der Waals surface area contributed by atoms with Crippen molar-refractivity contribution in [3.63, 3.8) is 0 Å². The minimum absolute atomic E-state index is 0.129. The first-order valence-corrected chi connectivity index (χ1v) is 8.17. The molecule has 148 valence electrons. The highest BCUT2D eigenvalue weighted by Gasteiger charge is 2.35. The zero-order valence-electron chi connectivity index (χ0n) is 14.9. The Balaban J connectivity index is 1.94. The van der Waals surface area contributed by atoms with Gasteiger partial charge in [0.15, 0.2) is 0 Å². The van der Waals surface area contributed by atoms with Gasteiger partial charge in [-0.1, -0.05) is 0 Å². The van der Waals surface area contributed by atoms with E-state index < -0.39 is 29.7 Å². The second-order valence-corrected chi connectivity index (χ2v) is 6.10. The Morgan fingerprint density at radius 3 is 2.68 bits per heavy atom. The predicted molar refractivity (Wildman–Crippen MR) is 91.2 cm³/mol. The monoisotopic (exact) mass is 395 g/mol. The van der Waals surface area contributed by atoms with Crippen molar-refractivity contribution in [2.75, 3.05) is 7.11 Å². The maximum atomic E-state index is 13.5. The van der Waals surface area contributed by atoms with Crippen molar-refractivity contribution in [2.45, 2.75) is 25.6 Å². The van der Waals surface area contributed by atoms with Crippen molar-refractivity contribution in [3.8, 4) is 11.1 Å². The fourth-order valence-electron chi connectivity index (χ4n) is 2.72.